The summed E-state index contributed by atoms with van der Waals surface area (Å²) in [4.78, 5) is 0. The van der Waals surface area contributed by atoms with Crippen molar-refractivity contribution in [1.29, 1.82) is 0 Å². The van der Waals surface area contributed by atoms with Gasteiger partial charge in [0.25, 0.3) is 5.60 Å². The first-order chi connectivity index (χ1) is 10.9. The van der Waals surface area contributed by atoms with Crippen LogP contribution in [0.15, 0.2) is 35.3 Å². The largest absolute Gasteiger partial charge is 0.501 e. The molecule has 0 unspecified atom stereocenters. The number of halogens is 6. The van der Waals surface area contributed by atoms with Gasteiger partial charge in [0, 0.05) is 5.57 Å². The van der Waals surface area contributed by atoms with E-state index < -0.39 is 29.3 Å². The summed E-state index contributed by atoms with van der Waals surface area (Å²) >= 11 is 0. The van der Waals surface area contributed by atoms with Gasteiger partial charge in [-0.15, -0.1) is 0 Å². The lowest BCUT2D eigenvalue weighted by atomic mass is 9.89. The van der Waals surface area contributed by atoms with Crippen molar-refractivity contribution in [1.82, 2.24) is 0 Å². The molecule has 0 bridgehead atoms. The van der Waals surface area contributed by atoms with Crippen molar-refractivity contribution in [2.75, 3.05) is 14.2 Å². The van der Waals surface area contributed by atoms with E-state index >= 15 is 0 Å². The monoisotopic (exact) mass is 362 g/mol. The molecule has 24 heavy (non-hydrogen) atoms. The maximum absolute atomic E-state index is 13.1. The molecule has 0 heterocycles. The van der Waals surface area contributed by atoms with Gasteiger partial charge >= 0.3 is 12.4 Å². The first kappa shape index (κ1) is 22.4. The van der Waals surface area contributed by atoms with Crippen molar-refractivity contribution in [2.45, 2.75) is 44.6 Å². The highest BCUT2D eigenvalue weighted by atomic mass is 19.4. The Bertz CT molecular complexity index is 486. The smallest absolute Gasteiger partial charge is 0.430 e. The van der Waals surface area contributed by atoms with Crippen LogP contribution in [0.4, 0.5) is 26.3 Å². The predicted octanol–water partition coefficient (Wildman–Crippen LogP) is 4.65. The lowest BCUT2D eigenvalue weighted by molar-refractivity contribution is -0.352. The number of hydrogen-bond donors (Lipinski definition) is 1. The number of aliphatic hydroxyl groups is 1. The topological polar surface area (TPSA) is 38.7 Å². The van der Waals surface area contributed by atoms with Crippen LogP contribution in [0, 0.1) is 0 Å². The quantitative estimate of drug-likeness (QED) is 0.407. The molecule has 3 nitrogen and oxygen atoms in total. The zero-order valence-corrected chi connectivity index (χ0v) is 13.7. The summed E-state index contributed by atoms with van der Waals surface area (Å²) in [5.41, 5.74) is -6.55. The highest BCUT2D eigenvalue weighted by molar-refractivity contribution is 5.41. The van der Waals surface area contributed by atoms with Crippen molar-refractivity contribution in [3.8, 4) is 0 Å². The number of methoxy groups -OCH3 is 2. The number of hydrogen-bond acceptors (Lipinski definition) is 3. The molecule has 0 fully saturated rings. The third-order valence-corrected chi connectivity index (χ3v) is 3.12. The lowest BCUT2D eigenvalue weighted by Gasteiger charge is -2.34. The van der Waals surface area contributed by atoms with Gasteiger partial charge in [0.1, 0.15) is 5.76 Å². The molecule has 0 radical (unpaired) electrons. The van der Waals surface area contributed by atoms with Crippen molar-refractivity contribution in [3.63, 3.8) is 0 Å². The molecule has 0 spiro atoms. The van der Waals surface area contributed by atoms with E-state index in [1.165, 1.54) is 14.0 Å². The average Bonchev–Trinajstić information content (AvgIpc) is 2.47. The molecule has 1 N–H and O–H groups in total. The van der Waals surface area contributed by atoms with Crippen LogP contribution in [0.25, 0.3) is 0 Å². The molecular weight excluding hydrogens is 342 g/mol. The SMILES string of the molecule is CCC\C=C(OC)/C(=C\C=C(/C)OC)C(O)(C(F)(F)F)C(F)(F)F. The van der Waals surface area contributed by atoms with E-state index in [9.17, 15) is 31.4 Å². The van der Waals surface area contributed by atoms with Crippen LogP contribution in [0.5, 0.6) is 0 Å². The average molecular weight is 362 g/mol. The van der Waals surface area contributed by atoms with Gasteiger partial charge in [-0.2, -0.15) is 26.3 Å². The van der Waals surface area contributed by atoms with Gasteiger partial charge in [-0.05, 0) is 31.6 Å². The molecule has 0 aliphatic carbocycles. The Morgan fingerprint density at radius 1 is 0.958 bits per heavy atom. The van der Waals surface area contributed by atoms with Crippen LogP contribution in [0.1, 0.15) is 26.7 Å². The fourth-order valence-electron chi connectivity index (χ4n) is 1.69. The number of ether oxygens (including phenoxy) is 2. The Labute approximate surface area is 136 Å². The van der Waals surface area contributed by atoms with Crippen LogP contribution < -0.4 is 0 Å². The van der Waals surface area contributed by atoms with E-state index in [4.69, 9.17) is 4.74 Å². The normalized spacial score (nSPS) is 15.5. The molecule has 0 aliphatic heterocycles. The highest BCUT2D eigenvalue weighted by Crippen LogP contribution is 2.49. The van der Waals surface area contributed by atoms with Crippen molar-refractivity contribution in [2.24, 2.45) is 0 Å². The minimum Gasteiger partial charge on any atom is -0.501 e. The van der Waals surface area contributed by atoms with Gasteiger partial charge in [-0.25, -0.2) is 0 Å². The van der Waals surface area contributed by atoms with Crippen LogP contribution in [-0.2, 0) is 9.47 Å². The van der Waals surface area contributed by atoms with E-state index in [-0.39, 0.29) is 12.2 Å². The van der Waals surface area contributed by atoms with Gasteiger partial charge < -0.3 is 14.6 Å². The Balaban J connectivity index is 6.57. The molecule has 0 aromatic heterocycles. The van der Waals surface area contributed by atoms with E-state index in [2.05, 4.69) is 4.74 Å². The van der Waals surface area contributed by atoms with Gasteiger partial charge in [0.2, 0.25) is 0 Å². The van der Waals surface area contributed by atoms with E-state index in [0.717, 1.165) is 19.3 Å². The van der Waals surface area contributed by atoms with Crippen LogP contribution in [0.2, 0.25) is 0 Å². The predicted molar refractivity (Wildman–Crippen MR) is 75.9 cm³/mol. The fourth-order valence-corrected chi connectivity index (χ4v) is 1.69. The first-order valence-corrected chi connectivity index (χ1v) is 6.90. The second-order valence-corrected chi connectivity index (χ2v) is 4.83. The molecule has 0 atom stereocenters. The number of allylic oxidation sites excluding steroid dienone is 4. The van der Waals surface area contributed by atoms with Gasteiger partial charge in [0.15, 0.2) is 0 Å². The summed E-state index contributed by atoms with van der Waals surface area (Å²) in [5, 5.41) is 9.62. The third-order valence-electron chi connectivity index (χ3n) is 3.12. The van der Waals surface area contributed by atoms with Crippen LogP contribution >= 0.6 is 0 Å². The highest BCUT2D eigenvalue weighted by Gasteiger charge is 2.73. The van der Waals surface area contributed by atoms with E-state index in [0.29, 0.717) is 12.5 Å². The third kappa shape index (κ3) is 4.93. The van der Waals surface area contributed by atoms with Gasteiger partial charge in [-0.3, -0.25) is 0 Å². The molecule has 0 saturated carbocycles. The number of rotatable bonds is 7. The number of alkyl halides is 6. The van der Waals surface area contributed by atoms with E-state index in [1.807, 2.05) is 0 Å². The summed E-state index contributed by atoms with van der Waals surface area (Å²) in [6, 6.07) is 0. The molecule has 0 amide bonds. The lowest BCUT2D eigenvalue weighted by Crippen LogP contribution is -2.58. The Hall–Kier alpha value is -1.64. The second-order valence-electron chi connectivity index (χ2n) is 4.83. The fraction of sp³-hybridized carbons (Fsp3) is 0.600. The second kappa shape index (κ2) is 8.46. The Morgan fingerprint density at radius 3 is 1.79 bits per heavy atom. The molecular formula is C15H20F6O3. The Morgan fingerprint density at radius 2 is 1.46 bits per heavy atom. The maximum atomic E-state index is 13.1. The molecule has 0 aromatic rings. The minimum atomic E-state index is -6.00. The van der Waals surface area contributed by atoms with Crippen LogP contribution in [0.3, 0.4) is 0 Å². The number of unbranched alkanes of at least 4 members (excludes halogenated alkanes) is 1. The summed E-state index contributed by atoms with van der Waals surface area (Å²) in [6.07, 6.45) is -8.94. The minimum absolute atomic E-state index is 0.0464. The molecule has 140 valence electrons. The Kier molecular flexibility index (Phi) is 7.88. The summed E-state index contributed by atoms with van der Waals surface area (Å²) in [7, 11) is 2.12. The maximum Gasteiger partial charge on any atom is 0.430 e. The molecule has 0 aromatic carbocycles. The molecule has 0 saturated heterocycles. The summed E-state index contributed by atoms with van der Waals surface area (Å²) in [6.45, 7) is 3.01. The molecule has 0 rings (SSSR count). The summed E-state index contributed by atoms with van der Waals surface area (Å²) < 4.78 is 88.2. The standard InChI is InChI=1S/C15H20F6O3/c1-5-6-7-12(24-4)11(9-8-10(2)23-3)13(22,14(16,17)18)15(19,20)21/h7-9,22H,5-6H2,1-4H3/b10-8+,11-9+,12-7+. The summed E-state index contributed by atoms with van der Waals surface area (Å²) in [5.74, 6) is -0.667. The van der Waals surface area contributed by atoms with Crippen molar-refractivity contribution < 1.29 is 40.9 Å². The van der Waals surface area contributed by atoms with E-state index in [1.54, 1.807) is 6.92 Å². The van der Waals surface area contributed by atoms with Crippen molar-refractivity contribution >= 4 is 0 Å². The van der Waals surface area contributed by atoms with Gasteiger partial charge in [-0.1, -0.05) is 13.3 Å². The zero-order valence-electron chi connectivity index (χ0n) is 13.7. The van der Waals surface area contributed by atoms with Crippen LogP contribution in [-0.4, -0.2) is 37.3 Å². The molecule has 9 heteroatoms. The molecule has 0 aliphatic rings. The van der Waals surface area contributed by atoms with Crippen molar-refractivity contribution in [3.05, 3.63) is 35.3 Å². The zero-order chi connectivity index (χ0) is 19.2. The first-order valence-electron chi connectivity index (χ1n) is 6.90. The van der Waals surface area contributed by atoms with Gasteiger partial charge in [0.05, 0.1) is 20.0 Å².